The van der Waals surface area contributed by atoms with Crippen molar-refractivity contribution >= 4 is 39.7 Å². The summed E-state index contributed by atoms with van der Waals surface area (Å²) in [6.07, 6.45) is 3.05. The molecule has 0 aliphatic heterocycles. The molecule has 7 heteroatoms. The number of aryl methyl sites for hydroxylation is 1. The van der Waals surface area contributed by atoms with Crippen molar-refractivity contribution in [3.8, 4) is 0 Å². The summed E-state index contributed by atoms with van der Waals surface area (Å²) in [5, 5.41) is 5.73. The van der Waals surface area contributed by atoms with Crippen LogP contribution < -0.4 is 5.56 Å². The smallest absolute Gasteiger partial charge is 0.331 e. The van der Waals surface area contributed by atoms with Crippen LogP contribution in [0.2, 0.25) is 0 Å². The average Bonchev–Trinajstić information content (AvgIpc) is 3.13. The number of carbonyl (C=O) groups is 1. The van der Waals surface area contributed by atoms with E-state index in [9.17, 15) is 9.59 Å². The first-order valence-corrected chi connectivity index (χ1v) is 8.29. The third kappa shape index (κ3) is 3.15. The summed E-state index contributed by atoms with van der Waals surface area (Å²) in [7, 11) is 0. The van der Waals surface area contributed by atoms with Crippen molar-refractivity contribution in [1.82, 2.24) is 9.38 Å². The van der Waals surface area contributed by atoms with Crippen molar-refractivity contribution in [2.24, 2.45) is 0 Å². The number of thiazole rings is 1. The highest BCUT2D eigenvalue weighted by atomic mass is 32.1. The van der Waals surface area contributed by atoms with E-state index < -0.39 is 5.97 Å². The summed E-state index contributed by atoms with van der Waals surface area (Å²) in [6.45, 7) is 1.83. The second kappa shape index (κ2) is 6.25. The lowest BCUT2D eigenvalue weighted by atomic mass is 10.3. The molecule has 22 heavy (non-hydrogen) atoms. The van der Waals surface area contributed by atoms with Crippen LogP contribution in [0, 0.1) is 6.92 Å². The normalized spacial score (nSPS) is 11.3. The first kappa shape index (κ1) is 14.7. The predicted octanol–water partition coefficient (Wildman–Crippen LogP) is 2.88. The molecule has 0 unspecified atom stereocenters. The molecule has 0 amide bonds. The summed E-state index contributed by atoms with van der Waals surface area (Å²) in [5.74, 6) is -0.462. The largest absolute Gasteiger partial charge is 0.456 e. The fourth-order valence-corrected chi connectivity index (χ4v) is 3.42. The number of hydrogen-bond donors (Lipinski definition) is 0. The van der Waals surface area contributed by atoms with E-state index in [1.165, 1.54) is 27.9 Å². The van der Waals surface area contributed by atoms with Crippen molar-refractivity contribution in [3.05, 3.63) is 61.7 Å². The maximum atomic E-state index is 12.0. The van der Waals surface area contributed by atoms with Gasteiger partial charge in [0.1, 0.15) is 6.61 Å². The second-order valence-corrected chi connectivity index (χ2v) is 6.20. The van der Waals surface area contributed by atoms with Gasteiger partial charge in [0.25, 0.3) is 5.56 Å². The first-order valence-electron chi connectivity index (χ1n) is 6.47. The Morgan fingerprint density at radius 2 is 2.32 bits per heavy atom. The summed E-state index contributed by atoms with van der Waals surface area (Å²) in [6, 6.07) is 3.30. The Kier molecular flexibility index (Phi) is 4.17. The highest BCUT2D eigenvalue weighted by molar-refractivity contribution is 7.15. The second-order valence-electron chi connectivity index (χ2n) is 4.58. The maximum Gasteiger partial charge on any atom is 0.331 e. The predicted molar refractivity (Wildman–Crippen MR) is 87.2 cm³/mol. The van der Waals surface area contributed by atoms with E-state index >= 15 is 0 Å². The van der Waals surface area contributed by atoms with Crippen LogP contribution in [0.4, 0.5) is 0 Å². The molecule has 3 heterocycles. The Morgan fingerprint density at radius 3 is 3.09 bits per heavy atom. The lowest BCUT2D eigenvalue weighted by Crippen LogP contribution is -2.16. The Balaban J connectivity index is 1.69. The number of esters is 1. The quantitative estimate of drug-likeness (QED) is 0.544. The molecule has 0 aromatic carbocycles. The number of carbonyl (C=O) groups excluding carboxylic acids is 1. The van der Waals surface area contributed by atoms with Crippen molar-refractivity contribution in [1.29, 1.82) is 0 Å². The van der Waals surface area contributed by atoms with Crippen LogP contribution in [0.25, 0.3) is 11.0 Å². The number of ether oxygens (including phenoxy) is 1. The highest BCUT2D eigenvalue weighted by Crippen LogP contribution is 2.12. The van der Waals surface area contributed by atoms with Crippen LogP contribution in [0.3, 0.4) is 0 Å². The Bertz CT molecular complexity index is 891. The van der Waals surface area contributed by atoms with Crippen molar-refractivity contribution in [2.45, 2.75) is 13.5 Å². The number of fused-ring (bicyclic) bond motifs is 1. The summed E-state index contributed by atoms with van der Waals surface area (Å²) < 4.78 is 6.64. The van der Waals surface area contributed by atoms with E-state index in [0.29, 0.717) is 10.7 Å². The molecule has 0 atom stereocenters. The minimum atomic E-state index is -0.462. The molecule has 5 nitrogen and oxygen atoms in total. The van der Waals surface area contributed by atoms with Crippen molar-refractivity contribution in [3.63, 3.8) is 0 Å². The van der Waals surface area contributed by atoms with E-state index in [1.54, 1.807) is 17.4 Å². The third-order valence-electron chi connectivity index (χ3n) is 2.95. The zero-order valence-electron chi connectivity index (χ0n) is 11.7. The fourth-order valence-electron chi connectivity index (χ4n) is 1.90. The molecule has 3 aromatic rings. The van der Waals surface area contributed by atoms with E-state index in [4.69, 9.17) is 4.74 Å². The molecule has 0 radical (unpaired) electrons. The van der Waals surface area contributed by atoms with Gasteiger partial charge < -0.3 is 4.74 Å². The SMILES string of the molecule is Cc1csc2nc(COC(=O)/C=C/c3ccsc3)cc(=O)n12. The summed E-state index contributed by atoms with van der Waals surface area (Å²) in [5.41, 5.74) is 2.08. The molecule has 0 N–H and O–H groups in total. The van der Waals surface area contributed by atoms with Gasteiger partial charge in [0, 0.05) is 23.2 Å². The summed E-state index contributed by atoms with van der Waals surface area (Å²) in [4.78, 5) is 28.6. The van der Waals surface area contributed by atoms with Gasteiger partial charge in [-0.2, -0.15) is 11.3 Å². The van der Waals surface area contributed by atoms with E-state index in [1.807, 2.05) is 29.1 Å². The van der Waals surface area contributed by atoms with Gasteiger partial charge >= 0.3 is 5.97 Å². The van der Waals surface area contributed by atoms with Crippen LogP contribution in [0.15, 0.2) is 39.1 Å². The molecule has 3 rings (SSSR count). The minimum absolute atomic E-state index is 0.0184. The number of aromatic nitrogens is 2. The molecule has 112 valence electrons. The third-order valence-corrected chi connectivity index (χ3v) is 4.59. The lowest BCUT2D eigenvalue weighted by Gasteiger charge is -2.02. The Hall–Kier alpha value is -2.25. The van der Waals surface area contributed by atoms with Crippen molar-refractivity contribution in [2.75, 3.05) is 0 Å². The van der Waals surface area contributed by atoms with E-state index in [-0.39, 0.29) is 12.2 Å². The highest BCUT2D eigenvalue weighted by Gasteiger charge is 2.07. The van der Waals surface area contributed by atoms with Gasteiger partial charge in [-0.25, -0.2) is 9.78 Å². The molecule has 0 saturated heterocycles. The van der Waals surface area contributed by atoms with Gasteiger partial charge in [0.2, 0.25) is 0 Å². The van der Waals surface area contributed by atoms with Crippen molar-refractivity contribution < 1.29 is 9.53 Å². The van der Waals surface area contributed by atoms with Crippen LogP contribution in [0.5, 0.6) is 0 Å². The molecule has 0 fully saturated rings. The van der Waals surface area contributed by atoms with Gasteiger partial charge in [-0.05, 0) is 35.4 Å². The molecule has 0 bridgehead atoms. The Labute approximate surface area is 134 Å². The van der Waals surface area contributed by atoms with E-state index in [0.717, 1.165) is 11.3 Å². The zero-order valence-corrected chi connectivity index (χ0v) is 13.3. The van der Waals surface area contributed by atoms with Gasteiger partial charge in [-0.3, -0.25) is 9.20 Å². The standard InChI is InChI=1S/C15H12N2O3S2/c1-10-8-22-15-16-12(6-13(18)17(10)15)7-20-14(19)3-2-11-4-5-21-9-11/h2-6,8-9H,7H2,1H3/b3-2+. The number of nitrogens with zero attached hydrogens (tertiary/aromatic N) is 2. The lowest BCUT2D eigenvalue weighted by molar-refractivity contribution is -0.139. The topological polar surface area (TPSA) is 60.7 Å². The molecular weight excluding hydrogens is 320 g/mol. The van der Waals surface area contributed by atoms with Gasteiger partial charge in [0.05, 0.1) is 5.69 Å². The fraction of sp³-hybridized carbons (Fsp3) is 0.133. The molecule has 3 aromatic heterocycles. The van der Waals surface area contributed by atoms with Crippen LogP contribution >= 0.6 is 22.7 Å². The number of hydrogen-bond acceptors (Lipinski definition) is 6. The van der Waals surface area contributed by atoms with E-state index in [2.05, 4.69) is 4.98 Å². The monoisotopic (exact) mass is 332 g/mol. The minimum Gasteiger partial charge on any atom is -0.456 e. The van der Waals surface area contributed by atoms with Crippen LogP contribution in [-0.2, 0) is 16.1 Å². The molecular formula is C15H12N2O3S2. The molecule has 0 aliphatic rings. The average molecular weight is 332 g/mol. The molecule has 0 aliphatic carbocycles. The molecule has 0 spiro atoms. The van der Waals surface area contributed by atoms with Gasteiger partial charge in [-0.1, -0.05) is 0 Å². The number of rotatable bonds is 4. The van der Waals surface area contributed by atoms with Crippen LogP contribution in [0.1, 0.15) is 17.0 Å². The van der Waals surface area contributed by atoms with Gasteiger partial charge in [0.15, 0.2) is 4.96 Å². The maximum absolute atomic E-state index is 12.0. The number of thiophene rings is 1. The summed E-state index contributed by atoms with van der Waals surface area (Å²) >= 11 is 2.94. The first-order chi connectivity index (χ1) is 10.6. The zero-order chi connectivity index (χ0) is 15.5. The van der Waals surface area contributed by atoms with Crippen LogP contribution in [-0.4, -0.2) is 15.4 Å². The van der Waals surface area contributed by atoms with Gasteiger partial charge in [-0.15, -0.1) is 11.3 Å². The Morgan fingerprint density at radius 1 is 1.45 bits per heavy atom. The molecule has 0 saturated carbocycles.